The number of halogens is 1. The Morgan fingerprint density at radius 2 is 1.62 bits per heavy atom. The Morgan fingerprint density at radius 3 is 2.21 bits per heavy atom. The van der Waals surface area contributed by atoms with E-state index >= 15 is 0 Å². The topological polar surface area (TPSA) is 56.8 Å². The molecule has 0 unspecified atom stereocenters. The van der Waals surface area contributed by atoms with Gasteiger partial charge in [-0.3, -0.25) is 4.79 Å². The van der Waals surface area contributed by atoms with Crippen LogP contribution in [-0.2, 0) is 0 Å². The summed E-state index contributed by atoms with van der Waals surface area (Å²) in [6, 6.07) is 18.1. The number of rotatable bonds is 7. The molecule has 0 bridgehead atoms. The zero-order valence-electron chi connectivity index (χ0n) is 16.5. The van der Waals surface area contributed by atoms with E-state index in [4.69, 9.17) is 25.8 Å². The minimum Gasteiger partial charge on any atom is -0.493 e. The fourth-order valence-corrected chi connectivity index (χ4v) is 2.95. The van der Waals surface area contributed by atoms with Crippen LogP contribution in [0.15, 0.2) is 60.7 Å². The number of ether oxygens (including phenoxy) is 3. The molecule has 0 aliphatic carbocycles. The lowest BCUT2D eigenvalue weighted by atomic mass is 10.1. The van der Waals surface area contributed by atoms with Gasteiger partial charge in [-0.05, 0) is 62.4 Å². The highest BCUT2D eigenvalue weighted by Gasteiger charge is 2.16. The molecule has 0 fully saturated rings. The fraction of sp³-hybridized carbons (Fsp3) is 0.174. The van der Waals surface area contributed by atoms with Gasteiger partial charge in [-0.2, -0.15) is 0 Å². The maximum absolute atomic E-state index is 12.6. The number of hydrogen-bond donors (Lipinski definition) is 1. The molecule has 0 atom stereocenters. The van der Waals surface area contributed by atoms with Crippen molar-refractivity contribution >= 4 is 23.2 Å². The maximum atomic E-state index is 12.6. The van der Waals surface area contributed by atoms with Gasteiger partial charge in [-0.15, -0.1) is 0 Å². The van der Waals surface area contributed by atoms with Crippen LogP contribution in [0.1, 0.15) is 22.8 Å². The predicted octanol–water partition coefficient (Wildman–Crippen LogP) is 6.10. The Morgan fingerprint density at radius 1 is 1.00 bits per heavy atom. The standard InChI is InChI=1S/C23H22ClNO4/c1-4-28-22-20(24)13-16(14-21(22)27-3)23(26)25-17-7-11-19(12-8-17)29-18-9-5-15(2)6-10-18/h5-14H,4H2,1-3H3,(H,25,26). The van der Waals surface area contributed by atoms with E-state index in [1.807, 2.05) is 38.1 Å². The van der Waals surface area contributed by atoms with Gasteiger partial charge < -0.3 is 19.5 Å². The van der Waals surface area contributed by atoms with E-state index in [0.29, 0.717) is 40.1 Å². The molecule has 0 aliphatic rings. The second-order valence-corrected chi connectivity index (χ2v) is 6.72. The van der Waals surface area contributed by atoms with Gasteiger partial charge in [-0.1, -0.05) is 29.3 Å². The SMILES string of the molecule is CCOc1c(Cl)cc(C(=O)Nc2ccc(Oc3ccc(C)cc3)cc2)cc1OC. The summed E-state index contributed by atoms with van der Waals surface area (Å²) in [5, 5.41) is 3.16. The molecule has 0 spiro atoms. The van der Waals surface area contributed by atoms with Crippen LogP contribution in [-0.4, -0.2) is 19.6 Å². The fourth-order valence-electron chi connectivity index (χ4n) is 2.69. The molecule has 6 heteroatoms. The third-order valence-electron chi connectivity index (χ3n) is 4.15. The molecule has 0 aromatic heterocycles. The molecular formula is C23H22ClNO4. The molecule has 0 saturated heterocycles. The molecule has 3 aromatic carbocycles. The first-order valence-corrected chi connectivity index (χ1v) is 9.54. The minimum atomic E-state index is -0.305. The van der Waals surface area contributed by atoms with Crippen molar-refractivity contribution in [2.45, 2.75) is 13.8 Å². The Labute approximate surface area is 175 Å². The average molecular weight is 412 g/mol. The lowest BCUT2D eigenvalue weighted by molar-refractivity contribution is 0.102. The van der Waals surface area contributed by atoms with Gasteiger partial charge in [-0.25, -0.2) is 0 Å². The molecule has 150 valence electrons. The van der Waals surface area contributed by atoms with Gasteiger partial charge in [0.25, 0.3) is 5.91 Å². The summed E-state index contributed by atoms with van der Waals surface area (Å²) < 4.78 is 16.6. The van der Waals surface area contributed by atoms with Crippen molar-refractivity contribution in [3.05, 3.63) is 76.8 Å². The molecular weight excluding hydrogens is 390 g/mol. The van der Waals surface area contributed by atoms with Crippen LogP contribution >= 0.6 is 11.6 Å². The third kappa shape index (κ3) is 5.21. The van der Waals surface area contributed by atoms with Crippen LogP contribution in [0.3, 0.4) is 0 Å². The van der Waals surface area contributed by atoms with Crippen LogP contribution in [0, 0.1) is 6.92 Å². The summed E-state index contributed by atoms with van der Waals surface area (Å²) in [7, 11) is 1.50. The second kappa shape index (κ2) is 9.34. The van der Waals surface area contributed by atoms with E-state index in [2.05, 4.69) is 5.32 Å². The summed E-state index contributed by atoms with van der Waals surface area (Å²) in [5.41, 5.74) is 2.17. The predicted molar refractivity (Wildman–Crippen MR) is 115 cm³/mol. The van der Waals surface area contributed by atoms with Crippen LogP contribution in [0.25, 0.3) is 0 Å². The zero-order chi connectivity index (χ0) is 20.8. The number of carbonyl (C=O) groups excluding carboxylic acids is 1. The van der Waals surface area contributed by atoms with E-state index in [0.717, 1.165) is 5.75 Å². The monoisotopic (exact) mass is 411 g/mol. The van der Waals surface area contributed by atoms with E-state index < -0.39 is 0 Å². The number of anilines is 1. The normalized spacial score (nSPS) is 10.3. The molecule has 3 rings (SSSR count). The molecule has 1 N–H and O–H groups in total. The number of aryl methyl sites for hydroxylation is 1. The van der Waals surface area contributed by atoms with Gasteiger partial charge >= 0.3 is 0 Å². The first-order chi connectivity index (χ1) is 14.0. The van der Waals surface area contributed by atoms with Crippen molar-refractivity contribution in [3.63, 3.8) is 0 Å². The van der Waals surface area contributed by atoms with Gasteiger partial charge in [0.2, 0.25) is 0 Å². The highest BCUT2D eigenvalue weighted by Crippen LogP contribution is 2.36. The van der Waals surface area contributed by atoms with Crippen molar-refractivity contribution in [3.8, 4) is 23.0 Å². The van der Waals surface area contributed by atoms with Crippen molar-refractivity contribution < 1.29 is 19.0 Å². The quantitative estimate of drug-likeness (QED) is 0.510. The molecule has 0 saturated carbocycles. The zero-order valence-corrected chi connectivity index (χ0v) is 17.2. The summed E-state index contributed by atoms with van der Waals surface area (Å²) in [6.07, 6.45) is 0. The van der Waals surface area contributed by atoms with Gasteiger partial charge in [0, 0.05) is 11.3 Å². The van der Waals surface area contributed by atoms with E-state index in [1.165, 1.54) is 12.7 Å². The summed E-state index contributed by atoms with van der Waals surface area (Å²) in [6.45, 7) is 4.32. The van der Waals surface area contributed by atoms with Crippen LogP contribution in [0.4, 0.5) is 5.69 Å². The molecule has 0 radical (unpaired) electrons. The average Bonchev–Trinajstić information content (AvgIpc) is 2.72. The third-order valence-corrected chi connectivity index (χ3v) is 4.43. The van der Waals surface area contributed by atoms with E-state index in [1.54, 1.807) is 36.4 Å². The van der Waals surface area contributed by atoms with Gasteiger partial charge in [0.1, 0.15) is 11.5 Å². The Balaban J connectivity index is 1.70. The van der Waals surface area contributed by atoms with Crippen molar-refractivity contribution in [1.29, 1.82) is 0 Å². The van der Waals surface area contributed by atoms with Crippen LogP contribution in [0.5, 0.6) is 23.0 Å². The maximum Gasteiger partial charge on any atom is 0.255 e. The lowest BCUT2D eigenvalue weighted by Crippen LogP contribution is -2.12. The minimum absolute atomic E-state index is 0.305. The highest BCUT2D eigenvalue weighted by molar-refractivity contribution is 6.32. The van der Waals surface area contributed by atoms with Gasteiger partial charge in [0.15, 0.2) is 11.5 Å². The number of hydrogen-bond acceptors (Lipinski definition) is 4. The summed E-state index contributed by atoms with van der Waals surface area (Å²) in [5.74, 6) is 1.96. The Hall–Kier alpha value is -3.18. The molecule has 0 aliphatic heterocycles. The van der Waals surface area contributed by atoms with Crippen molar-refractivity contribution in [1.82, 2.24) is 0 Å². The lowest BCUT2D eigenvalue weighted by Gasteiger charge is -2.13. The first-order valence-electron chi connectivity index (χ1n) is 9.16. The largest absolute Gasteiger partial charge is 0.493 e. The number of carbonyl (C=O) groups is 1. The molecule has 29 heavy (non-hydrogen) atoms. The summed E-state index contributed by atoms with van der Waals surface area (Å²) >= 11 is 6.25. The second-order valence-electron chi connectivity index (χ2n) is 6.32. The van der Waals surface area contributed by atoms with Crippen molar-refractivity contribution in [2.75, 3.05) is 19.0 Å². The number of amides is 1. The van der Waals surface area contributed by atoms with E-state index in [-0.39, 0.29) is 5.91 Å². The molecule has 0 heterocycles. The molecule has 5 nitrogen and oxygen atoms in total. The Kier molecular flexibility index (Phi) is 6.62. The smallest absolute Gasteiger partial charge is 0.255 e. The molecule has 1 amide bonds. The van der Waals surface area contributed by atoms with Crippen LogP contribution in [0.2, 0.25) is 5.02 Å². The summed E-state index contributed by atoms with van der Waals surface area (Å²) in [4.78, 5) is 12.6. The van der Waals surface area contributed by atoms with E-state index in [9.17, 15) is 4.79 Å². The number of methoxy groups -OCH3 is 1. The van der Waals surface area contributed by atoms with Crippen molar-refractivity contribution in [2.24, 2.45) is 0 Å². The number of benzene rings is 3. The number of nitrogens with one attached hydrogen (secondary N) is 1. The van der Waals surface area contributed by atoms with Crippen LogP contribution < -0.4 is 19.5 Å². The highest BCUT2D eigenvalue weighted by atomic mass is 35.5. The Bertz CT molecular complexity index is 985. The first kappa shape index (κ1) is 20.6. The molecule has 3 aromatic rings. The van der Waals surface area contributed by atoms with Gasteiger partial charge in [0.05, 0.1) is 18.7 Å².